The summed E-state index contributed by atoms with van der Waals surface area (Å²) in [6, 6.07) is 15.6. The van der Waals surface area contributed by atoms with Crippen molar-refractivity contribution in [1.82, 2.24) is 14.5 Å². The van der Waals surface area contributed by atoms with E-state index >= 15 is 0 Å². The Balaban J connectivity index is 1.60. The van der Waals surface area contributed by atoms with Gasteiger partial charge in [-0.05, 0) is 45.0 Å². The molecule has 2 heterocycles. The molecule has 6 heteroatoms. The molecule has 0 saturated carbocycles. The molecule has 1 saturated heterocycles. The molecule has 0 aliphatic carbocycles. The third-order valence-corrected chi connectivity index (χ3v) is 5.71. The third kappa shape index (κ3) is 3.97. The molecular formula is C23H26ClN3O2. The van der Waals surface area contributed by atoms with E-state index in [2.05, 4.69) is 31.4 Å². The molecule has 1 atom stereocenters. The number of carbonyl (C=O) groups excluding carboxylic acids is 1. The number of rotatable bonds is 5. The van der Waals surface area contributed by atoms with Crippen molar-refractivity contribution in [1.29, 1.82) is 0 Å². The number of benzene rings is 2. The minimum Gasteiger partial charge on any atom is -0.490 e. The highest BCUT2D eigenvalue weighted by molar-refractivity contribution is 6.32. The Morgan fingerprint density at radius 3 is 2.59 bits per heavy atom. The number of fused-ring (bicyclic) bond motifs is 1. The van der Waals surface area contributed by atoms with Crippen LogP contribution in [0.5, 0.6) is 5.75 Å². The van der Waals surface area contributed by atoms with Gasteiger partial charge in [0.25, 0.3) is 0 Å². The smallest absolute Gasteiger partial charge is 0.223 e. The predicted molar refractivity (Wildman–Crippen MR) is 116 cm³/mol. The van der Waals surface area contributed by atoms with E-state index in [-0.39, 0.29) is 17.4 Å². The monoisotopic (exact) mass is 411 g/mol. The summed E-state index contributed by atoms with van der Waals surface area (Å²) in [6.07, 6.45) is 0.492. The number of nitrogens with zero attached hydrogens (tertiary/aromatic N) is 3. The number of halogens is 1. The van der Waals surface area contributed by atoms with E-state index in [9.17, 15) is 4.79 Å². The largest absolute Gasteiger partial charge is 0.490 e. The molecule has 0 unspecified atom stereocenters. The molecule has 1 aromatic heterocycles. The summed E-state index contributed by atoms with van der Waals surface area (Å²) in [6.45, 7) is 8.04. The Morgan fingerprint density at radius 2 is 1.86 bits per heavy atom. The minimum absolute atomic E-state index is 0.0782. The van der Waals surface area contributed by atoms with Crippen molar-refractivity contribution in [3.8, 4) is 5.75 Å². The van der Waals surface area contributed by atoms with Crippen molar-refractivity contribution in [2.45, 2.75) is 45.2 Å². The van der Waals surface area contributed by atoms with E-state index in [0.29, 0.717) is 36.9 Å². The van der Waals surface area contributed by atoms with Crippen LogP contribution in [0.25, 0.3) is 11.0 Å². The van der Waals surface area contributed by atoms with Crippen molar-refractivity contribution < 1.29 is 9.53 Å². The molecule has 5 nitrogen and oxygen atoms in total. The Bertz CT molecular complexity index is 1040. The maximum absolute atomic E-state index is 12.6. The van der Waals surface area contributed by atoms with Crippen LogP contribution in [0.2, 0.25) is 5.02 Å². The Morgan fingerprint density at radius 1 is 1.14 bits per heavy atom. The van der Waals surface area contributed by atoms with Crippen molar-refractivity contribution >= 4 is 28.5 Å². The summed E-state index contributed by atoms with van der Waals surface area (Å²) in [5.74, 6) is 1.90. The second-order valence-corrected chi connectivity index (χ2v) is 8.87. The lowest BCUT2D eigenvalue weighted by molar-refractivity contribution is -0.131. The van der Waals surface area contributed by atoms with E-state index in [4.69, 9.17) is 21.3 Å². The highest BCUT2D eigenvalue weighted by Crippen LogP contribution is 2.34. The van der Waals surface area contributed by atoms with Gasteiger partial charge in [-0.2, -0.15) is 0 Å². The molecule has 0 radical (unpaired) electrons. The van der Waals surface area contributed by atoms with Gasteiger partial charge in [-0.1, -0.05) is 35.9 Å². The number of imidazole rings is 1. The molecule has 1 aliphatic rings. The first-order chi connectivity index (χ1) is 13.8. The Kier molecular flexibility index (Phi) is 5.26. The van der Waals surface area contributed by atoms with Crippen LogP contribution in [0.15, 0.2) is 48.5 Å². The van der Waals surface area contributed by atoms with Crippen LogP contribution in [0, 0.1) is 0 Å². The van der Waals surface area contributed by atoms with Crippen molar-refractivity contribution in [3.05, 3.63) is 59.4 Å². The average molecular weight is 412 g/mol. The molecule has 0 N–H and O–H groups in total. The zero-order chi connectivity index (χ0) is 20.6. The lowest BCUT2D eigenvalue weighted by atomic mass is 10.1. The lowest BCUT2D eigenvalue weighted by Gasteiger charge is -2.32. The van der Waals surface area contributed by atoms with Gasteiger partial charge < -0.3 is 14.2 Å². The molecule has 2 aromatic carbocycles. The number of aromatic nitrogens is 2. The molecule has 3 aromatic rings. The van der Waals surface area contributed by atoms with E-state index in [0.717, 1.165) is 16.9 Å². The first kappa shape index (κ1) is 19.8. The maximum Gasteiger partial charge on any atom is 0.223 e. The van der Waals surface area contributed by atoms with Crippen LogP contribution in [0.1, 0.15) is 38.9 Å². The van der Waals surface area contributed by atoms with E-state index in [1.54, 1.807) is 0 Å². The van der Waals surface area contributed by atoms with Gasteiger partial charge in [0.1, 0.15) is 18.2 Å². The highest BCUT2D eigenvalue weighted by atomic mass is 35.5. The molecular weight excluding hydrogens is 386 g/mol. The molecule has 0 spiro atoms. The minimum atomic E-state index is -0.185. The summed E-state index contributed by atoms with van der Waals surface area (Å²) in [4.78, 5) is 19.5. The number of likely N-dealkylation sites (tertiary alicyclic amines) is 1. The van der Waals surface area contributed by atoms with E-state index in [1.165, 1.54) is 0 Å². The standard InChI is InChI=1S/C23H26ClN3O2/c1-23(2,3)27-15-16(14-21(27)28)22-25-18-9-5-6-10-19(18)26(22)12-13-29-20-11-7-4-8-17(20)24/h4-11,16H,12-15H2,1-3H3/t16-/m0/s1. The van der Waals surface area contributed by atoms with Crippen molar-refractivity contribution in [2.24, 2.45) is 0 Å². The van der Waals surface area contributed by atoms with Crippen molar-refractivity contribution in [3.63, 3.8) is 0 Å². The number of carbonyl (C=O) groups is 1. The third-order valence-electron chi connectivity index (χ3n) is 5.39. The zero-order valence-electron chi connectivity index (χ0n) is 17.1. The molecule has 4 rings (SSSR count). The lowest BCUT2D eigenvalue weighted by Crippen LogP contribution is -2.42. The normalized spacial score (nSPS) is 17.3. The fourth-order valence-electron chi connectivity index (χ4n) is 3.98. The van der Waals surface area contributed by atoms with Crippen molar-refractivity contribution in [2.75, 3.05) is 13.2 Å². The summed E-state index contributed by atoms with van der Waals surface area (Å²) in [7, 11) is 0. The summed E-state index contributed by atoms with van der Waals surface area (Å²) in [5.41, 5.74) is 1.82. The molecule has 29 heavy (non-hydrogen) atoms. The van der Waals surface area contributed by atoms with Gasteiger partial charge in [-0.3, -0.25) is 4.79 Å². The first-order valence-corrected chi connectivity index (χ1v) is 10.4. The van der Waals surface area contributed by atoms with Crippen LogP contribution in [0.4, 0.5) is 0 Å². The highest BCUT2D eigenvalue weighted by Gasteiger charge is 2.38. The number of hydrogen-bond acceptors (Lipinski definition) is 3. The SMILES string of the molecule is CC(C)(C)N1C[C@@H](c2nc3ccccc3n2CCOc2ccccc2Cl)CC1=O. The van der Waals surface area contributed by atoms with Gasteiger partial charge in [-0.15, -0.1) is 0 Å². The zero-order valence-corrected chi connectivity index (χ0v) is 17.8. The van der Waals surface area contributed by atoms with Gasteiger partial charge in [0.05, 0.1) is 22.6 Å². The van der Waals surface area contributed by atoms with E-state index in [1.807, 2.05) is 47.4 Å². The first-order valence-electron chi connectivity index (χ1n) is 9.97. The number of para-hydroxylation sites is 3. The fourth-order valence-corrected chi connectivity index (χ4v) is 4.17. The predicted octanol–water partition coefficient (Wildman–Crippen LogP) is 4.88. The van der Waals surface area contributed by atoms with Gasteiger partial charge in [0, 0.05) is 24.4 Å². The van der Waals surface area contributed by atoms with E-state index < -0.39 is 0 Å². The quantitative estimate of drug-likeness (QED) is 0.601. The van der Waals surface area contributed by atoms with Gasteiger partial charge in [-0.25, -0.2) is 4.98 Å². The fraction of sp³-hybridized carbons (Fsp3) is 0.391. The number of amides is 1. The Hall–Kier alpha value is -2.53. The molecule has 1 aliphatic heterocycles. The second-order valence-electron chi connectivity index (χ2n) is 8.47. The maximum atomic E-state index is 12.6. The molecule has 1 fully saturated rings. The molecule has 0 bridgehead atoms. The molecule has 1 amide bonds. The van der Waals surface area contributed by atoms with Gasteiger partial charge >= 0.3 is 0 Å². The van der Waals surface area contributed by atoms with Crippen LogP contribution >= 0.6 is 11.6 Å². The van der Waals surface area contributed by atoms with Gasteiger partial charge in [0.2, 0.25) is 5.91 Å². The average Bonchev–Trinajstić information content (AvgIpc) is 3.24. The van der Waals surface area contributed by atoms with Crippen LogP contribution < -0.4 is 4.74 Å². The Labute approximate surface area is 176 Å². The van der Waals surface area contributed by atoms with Gasteiger partial charge in [0.15, 0.2) is 0 Å². The summed E-state index contributed by atoms with van der Waals surface area (Å²) >= 11 is 6.20. The number of ether oxygens (including phenoxy) is 1. The van der Waals surface area contributed by atoms with Crippen LogP contribution in [-0.2, 0) is 11.3 Å². The summed E-state index contributed by atoms with van der Waals surface area (Å²) < 4.78 is 8.11. The second kappa shape index (κ2) is 7.71. The number of hydrogen-bond donors (Lipinski definition) is 0. The topological polar surface area (TPSA) is 47.4 Å². The van der Waals surface area contributed by atoms with Crippen LogP contribution in [0.3, 0.4) is 0 Å². The van der Waals surface area contributed by atoms with Crippen LogP contribution in [-0.4, -0.2) is 39.0 Å². The molecule has 152 valence electrons. The summed E-state index contributed by atoms with van der Waals surface area (Å²) in [5, 5.41) is 0.602.